The number of hydrogen-bond acceptors (Lipinski definition) is 4. The quantitative estimate of drug-likeness (QED) is 0.686. The van der Waals surface area contributed by atoms with Crippen LogP contribution >= 0.6 is 0 Å². The number of carbonyl (C=O) groups excluding carboxylic acids is 1. The van der Waals surface area contributed by atoms with E-state index in [0.29, 0.717) is 41.5 Å². The smallest absolute Gasteiger partial charge is 0.290 e. The van der Waals surface area contributed by atoms with Gasteiger partial charge in [0.25, 0.3) is 5.91 Å². The van der Waals surface area contributed by atoms with E-state index in [1.54, 1.807) is 27.4 Å². The largest absolute Gasteiger partial charge is 0.451 e. The molecule has 0 radical (unpaired) electrons. The van der Waals surface area contributed by atoms with Crippen molar-refractivity contribution in [1.29, 1.82) is 0 Å². The highest BCUT2D eigenvalue weighted by atomic mass is 32.2. The van der Waals surface area contributed by atoms with Crippen molar-refractivity contribution in [3.63, 3.8) is 0 Å². The maximum Gasteiger partial charge on any atom is 0.290 e. The second-order valence-electron chi connectivity index (χ2n) is 9.38. The molecule has 1 fully saturated rings. The van der Waals surface area contributed by atoms with Gasteiger partial charge < -0.3 is 9.32 Å². The van der Waals surface area contributed by atoms with Gasteiger partial charge >= 0.3 is 0 Å². The third-order valence-corrected chi connectivity index (χ3v) is 7.75. The van der Waals surface area contributed by atoms with Crippen LogP contribution in [0.4, 0.5) is 0 Å². The fraction of sp³-hybridized carbons (Fsp3) is 0.609. The molecule has 2 atom stereocenters. The van der Waals surface area contributed by atoms with Crippen LogP contribution in [0.25, 0.3) is 11.0 Å². The van der Waals surface area contributed by atoms with Gasteiger partial charge in [0.1, 0.15) is 5.58 Å². The monoisotopic (exact) mass is 434 g/mol. The van der Waals surface area contributed by atoms with Gasteiger partial charge in [-0.15, -0.1) is 0 Å². The highest BCUT2D eigenvalue weighted by Gasteiger charge is 2.33. The first-order valence-corrected chi connectivity index (χ1v) is 12.2. The molecule has 7 heteroatoms. The third kappa shape index (κ3) is 4.14. The van der Waals surface area contributed by atoms with Crippen LogP contribution in [-0.4, -0.2) is 48.7 Å². The van der Waals surface area contributed by atoms with Crippen LogP contribution in [0.5, 0.6) is 0 Å². The van der Waals surface area contributed by atoms with E-state index >= 15 is 0 Å². The number of piperidine rings is 1. The van der Waals surface area contributed by atoms with Crippen molar-refractivity contribution in [2.24, 2.45) is 11.8 Å². The Balaban J connectivity index is 2.01. The topological polar surface area (TPSA) is 70.8 Å². The number of carbonyl (C=O) groups is 1. The number of furan rings is 1. The molecule has 2 unspecified atom stereocenters. The minimum Gasteiger partial charge on any atom is -0.451 e. The van der Waals surface area contributed by atoms with Crippen LogP contribution in [0.1, 0.15) is 64.1 Å². The number of rotatable bonds is 5. The lowest BCUT2D eigenvalue weighted by Crippen LogP contribution is -2.42. The molecule has 1 saturated heterocycles. The van der Waals surface area contributed by atoms with Crippen LogP contribution in [0.2, 0.25) is 0 Å². The molecule has 6 nitrogen and oxygen atoms in total. The highest BCUT2D eigenvalue weighted by molar-refractivity contribution is 7.89. The molecule has 1 aromatic carbocycles. The Morgan fingerprint density at radius 3 is 2.20 bits per heavy atom. The van der Waals surface area contributed by atoms with Crippen molar-refractivity contribution in [3.8, 4) is 0 Å². The second-order valence-corrected chi connectivity index (χ2v) is 11.3. The number of fused-ring (bicyclic) bond motifs is 1. The molecule has 1 aliphatic heterocycles. The zero-order chi connectivity index (χ0) is 22.4. The van der Waals surface area contributed by atoms with E-state index in [9.17, 15) is 13.2 Å². The average Bonchev–Trinajstić information content (AvgIpc) is 2.96. The summed E-state index contributed by atoms with van der Waals surface area (Å²) in [4.78, 5) is 15.2. The van der Waals surface area contributed by atoms with Crippen molar-refractivity contribution >= 4 is 26.9 Å². The lowest BCUT2D eigenvalue weighted by atomic mass is 9.94. The van der Waals surface area contributed by atoms with Crippen molar-refractivity contribution in [1.82, 2.24) is 9.21 Å². The van der Waals surface area contributed by atoms with Crippen LogP contribution in [-0.2, 0) is 10.0 Å². The highest BCUT2D eigenvalue weighted by Crippen LogP contribution is 2.32. The lowest BCUT2D eigenvalue weighted by Gasteiger charge is -2.34. The lowest BCUT2D eigenvalue weighted by molar-refractivity contribution is 0.0612. The summed E-state index contributed by atoms with van der Waals surface area (Å²) in [5, 5.41) is 0.671. The first-order chi connectivity index (χ1) is 13.9. The Labute approximate surface area is 180 Å². The summed E-state index contributed by atoms with van der Waals surface area (Å²) >= 11 is 0. The van der Waals surface area contributed by atoms with Crippen molar-refractivity contribution in [2.45, 2.75) is 71.9 Å². The van der Waals surface area contributed by atoms with Gasteiger partial charge in [-0.3, -0.25) is 4.79 Å². The molecule has 2 heterocycles. The van der Waals surface area contributed by atoms with Gasteiger partial charge in [0.15, 0.2) is 5.76 Å². The number of nitrogens with zero attached hydrogens (tertiary/aromatic N) is 2. The Bertz CT molecular complexity index is 1020. The summed E-state index contributed by atoms with van der Waals surface area (Å²) in [6.07, 6.45) is 1.04. The van der Waals surface area contributed by atoms with Crippen molar-refractivity contribution < 1.29 is 17.6 Å². The Morgan fingerprint density at radius 1 is 1.10 bits per heavy atom. The Kier molecular flexibility index (Phi) is 6.35. The predicted molar refractivity (Wildman–Crippen MR) is 119 cm³/mol. The first-order valence-electron chi connectivity index (χ1n) is 10.8. The summed E-state index contributed by atoms with van der Waals surface area (Å²) in [5.74, 6) is 0.786. The molecule has 0 N–H and O–H groups in total. The van der Waals surface area contributed by atoms with E-state index in [1.807, 2.05) is 34.6 Å². The van der Waals surface area contributed by atoms with E-state index in [4.69, 9.17) is 4.42 Å². The minimum absolute atomic E-state index is 0.0316. The summed E-state index contributed by atoms with van der Waals surface area (Å²) in [7, 11) is -3.59. The van der Waals surface area contributed by atoms with Gasteiger partial charge in [-0.25, -0.2) is 8.42 Å². The van der Waals surface area contributed by atoms with Crippen molar-refractivity contribution in [2.75, 3.05) is 13.1 Å². The van der Waals surface area contributed by atoms with E-state index in [2.05, 4.69) is 13.8 Å². The van der Waals surface area contributed by atoms with Crippen LogP contribution < -0.4 is 0 Å². The number of benzene rings is 1. The molecule has 1 aromatic heterocycles. The molecule has 2 aromatic rings. The van der Waals surface area contributed by atoms with Gasteiger partial charge in [-0.05, 0) is 71.1 Å². The van der Waals surface area contributed by atoms with E-state index < -0.39 is 10.0 Å². The average molecular weight is 435 g/mol. The molecule has 0 aliphatic carbocycles. The van der Waals surface area contributed by atoms with E-state index in [0.717, 1.165) is 6.42 Å². The van der Waals surface area contributed by atoms with Crippen LogP contribution in [0.3, 0.4) is 0 Å². The molecule has 0 spiro atoms. The fourth-order valence-electron chi connectivity index (χ4n) is 4.70. The fourth-order valence-corrected chi connectivity index (χ4v) is 6.40. The molecule has 3 rings (SSSR count). The Morgan fingerprint density at radius 2 is 1.67 bits per heavy atom. The molecule has 1 aliphatic rings. The van der Waals surface area contributed by atoms with Gasteiger partial charge in [0, 0.05) is 36.1 Å². The number of hydrogen-bond donors (Lipinski definition) is 0. The molecular formula is C23H34N2O4S. The molecular weight excluding hydrogens is 400 g/mol. The molecule has 30 heavy (non-hydrogen) atoms. The number of aryl methyl sites for hydroxylation is 1. The normalized spacial score (nSPS) is 21.0. The third-order valence-electron chi connectivity index (χ3n) is 5.92. The summed E-state index contributed by atoms with van der Waals surface area (Å²) < 4.78 is 34.0. The number of sulfonamides is 1. The van der Waals surface area contributed by atoms with Crippen molar-refractivity contribution in [3.05, 3.63) is 29.5 Å². The number of amides is 1. The second kappa shape index (κ2) is 8.35. The van der Waals surface area contributed by atoms with E-state index in [-0.39, 0.29) is 28.6 Å². The zero-order valence-corrected chi connectivity index (χ0v) is 19.9. The maximum atomic E-state index is 13.3. The van der Waals surface area contributed by atoms with Gasteiger partial charge in [0.2, 0.25) is 10.0 Å². The standard InChI is InChI=1S/C23H34N2O4S/c1-14(2)25(15(3)4)23(26)22-18(7)20-11-19(8-9-21(20)29-22)30(27,28)24-12-16(5)10-17(6)13-24/h8-9,11,14-17H,10,12-13H2,1-7H3. The minimum atomic E-state index is -3.59. The summed E-state index contributed by atoms with van der Waals surface area (Å²) in [5.41, 5.74) is 1.21. The van der Waals surface area contributed by atoms with Gasteiger partial charge in [0.05, 0.1) is 4.90 Å². The first kappa shape index (κ1) is 22.8. The van der Waals surface area contributed by atoms with Gasteiger partial charge in [-0.1, -0.05) is 13.8 Å². The van der Waals surface area contributed by atoms with Crippen LogP contribution in [0, 0.1) is 18.8 Å². The zero-order valence-electron chi connectivity index (χ0n) is 19.1. The summed E-state index contributed by atoms with van der Waals surface area (Å²) in [6, 6.07) is 4.96. The Hall–Kier alpha value is -1.86. The SMILES string of the molecule is Cc1c(C(=O)N(C(C)C)C(C)C)oc2ccc(S(=O)(=O)N3CC(C)CC(C)C3)cc12. The van der Waals surface area contributed by atoms with E-state index in [1.165, 1.54) is 0 Å². The molecule has 166 valence electrons. The maximum absolute atomic E-state index is 13.3. The molecule has 0 bridgehead atoms. The summed E-state index contributed by atoms with van der Waals surface area (Å²) in [6.45, 7) is 15.0. The molecule has 1 amide bonds. The predicted octanol–water partition coefficient (Wildman–Crippen LogP) is 4.67. The van der Waals surface area contributed by atoms with Crippen LogP contribution in [0.15, 0.2) is 27.5 Å². The molecule has 0 saturated carbocycles. The van der Waals surface area contributed by atoms with Gasteiger partial charge in [-0.2, -0.15) is 4.31 Å².